The van der Waals surface area contributed by atoms with Gasteiger partial charge in [-0.25, -0.2) is 8.42 Å². The molecule has 0 spiro atoms. The predicted molar refractivity (Wildman–Crippen MR) is 106 cm³/mol. The Labute approximate surface area is 163 Å². The zero-order valence-corrected chi connectivity index (χ0v) is 17.2. The molecule has 3 rings (SSSR count). The Morgan fingerprint density at radius 1 is 1.27 bits per heavy atom. The van der Waals surface area contributed by atoms with Crippen molar-refractivity contribution in [1.29, 1.82) is 0 Å². The standard InChI is InChI=1S/C18H23BrN4O2S/c1-22(12-13-26(24,25)17-8-6-15(19)7-9-17)14-16-4-3-11-23(16)18-5-2-10-20-21-18/h2,5-10,16H,3-4,11-14H2,1H3. The number of aromatic nitrogens is 2. The molecule has 0 N–H and O–H groups in total. The van der Waals surface area contributed by atoms with Gasteiger partial charge in [0.05, 0.1) is 10.6 Å². The summed E-state index contributed by atoms with van der Waals surface area (Å²) in [7, 11) is -1.29. The summed E-state index contributed by atoms with van der Waals surface area (Å²) in [5.74, 6) is 1.01. The maximum Gasteiger partial charge on any atom is 0.179 e. The molecule has 1 saturated heterocycles. The van der Waals surface area contributed by atoms with Crippen LogP contribution in [0, 0.1) is 0 Å². The maximum absolute atomic E-state index is 12.5. The molecule has 0 saturated carbocycles. The fourth-order valence-electron chi connectivity index (χ4n) is 3.26. The largest absolute Gasteiger partial charge is 0.351 e. The zero-order valence-electron chi connectivity index (χ0n) is 14.8. The van der Waals surface area contributed by atoms with E-state index >= 15 is 0 Å². The minimum Gasteiger partial charge on any atom is -0.351 e. The van der Waals surface area contributed by atoms with E-state index in [0.29, 0.717) is 17.5 Å². The minimum atomic E-state index is -3.27. The lowest BCUT2D eigenvalue weighted by Crippen LogP contribution is -2.40. The fourth-order valence-corrected chi connectivity index (χ4v) is 4.86. The third kappa shape index (κ3) is 4.81. The van der Waals surface area contributed by atoms with Gasteiger partial charge in [-0.15, -0.1) is 5.10 Å². The average molecular weight is 439 g/mol. The Balaban J connectivity index is 1.57. The maximum atomic E-state index is 12.5. The second-order valence-corrected chi connectivity index (χ2v) is 9.63. The number of likely N-dealkylation sites (N-methyl/N-ethyl adjacent to an activating group) is 1. The lowest BCUT2D eigenvalue weighted by atomic mass is 10.2. The molecule has 0 radical (unpaired) electrons. The first-order chi connectivity index (χ1) is 12.5. The van der Waals surface area contributed by atoms with Gasteiger partial charge in [-0.1, -0.05) is 15.9 Å². The molecule has 26 heavy (non-hydrogen) atoms. The number of nitrogens with zero attached hydrogens (tertiary/aromatic N) is 4. The number of hydrogen-bond acceptors (Lipinski definition) is 6. The van der Waals surface area contributed by atoms with E-state index in [4.69, 9.17) is 0 Å². The molecule has 1 fully saturated rings. The summed E-state index contributed by atoms with van der Waals surface area (Å²) in [6.07, 6.45) is 3.88. The highest BCUT2D eigenvalue weighted by molar-refractivity contribution is 9.10. The molecule has 0 bridgehead atoms. The van der Waals surface area contributed by atoms with Crippen LogP contribution < -0.4 is 4.90 Å². The van der Waals surface area contributed by atoms with Crippen LogP contribution in [0.25, 0.3) is 0 Å². The third-order valence-electron chi connectivity index (χ3n) is 4.67. The summed E-state index contributed by atoms with van der Waals surface area (Å²) >= 11 is 3.33. The summed E-state index contributed by atoms with van der Waals surface area (Å²) in [5.41, 5.74) is 0. The van der Waals surface area contributed by atoms with E-state index in [2.05, 4.69) is 35.9 Å². The molecule has 0 amide bonds. The SMILES string of the molecule is CN(CCS(=O)(=O)c1ccc(Br)cc1)CC1CCCN1c1cccnn1. The Hall–Kier alpha value is -1.51. The Morgan fingerprint density at radius 3 is 2.73 bits per heavy atom. The second kappa shape index (κ2) is 8.45. The van der Waals surface area contributed by atoms with Gasteiger partial charge in [-0.05, 0) is 56.3 Å². The molecule has 2 heterocycles. The first-order valence-corrected chi connectivity index (χ1v) is 11.1. The number of rotatable bonds is 7. The summed E-state index contributed by atoms with van der Waals surface area (Å²) in [6.45, 7) is 2.28. The van der Waals surface area contributed by atoms with Crippen molar-refractivity contribution in [2.45, 2.75) is 23.8 Å². The Bertz CT molecular complexity index is 815. The Kier molecular flexibility index (Phi) is 6.26. The molecule has 2 aromatic rings. The van der Waals surface area contributed by atoms with Gasteiger partial charge < -0.3 is 9.80 Å². The molecule has 0 aliphatic carbocycles. The number of benzene rings is 1. The van der Waals surface area contributed by atoms with E-state index in [0.717, 1.165) is 36.2 Å². The van der Waals surface area contributed by atoms with Crippen LogP contribution in [0.1, 0.15) is 12.8 Å². The Morgan fingerprint density at radius 2 is 2.04 bits per heavy atom. The highest BCUT2D eigenvalue weighted by Gasteiger charge is 2.27. The number of sulfone groups is 1. The molecule has 1 atom stereocenters. The number of hydrogen-bond donors (Lipinski definition) is 0. The van der Waals surface area contributed by atoms with Crippen LogP contribution in [0.2, 0.25) is 0 Å². The van der Waals surface area contributed by atoms with Gasteiger partial charge in [-0.2, -0.15) is 5.10 Å². The van der Waals surface area contributed by atoms with Crippen LogP contribution in [-0.4, -0.2) is 62.0 Å². The van der Waals surface area contributed by atoms with Crippen molar-refractivity contribution < 1.29 is 8.42 Å². The zero-order chi connectivity index (χ0) is 18.6. The van der Waals surface area contributed by atoms with Crippen molar-refractivity contribution >= 4 is 31.6 Å². The van der Waals surface area contributed by atoms with E-state index in [1.807, 2.05) is 19.2 Å². The van der Waals surface area contributed by atoms with Crippen molar-refractivity contribution in [1.82, 2.24) is 15.1 Å². The summed E-state index contributed by atoms with van der Waals surface area (Å²) in [4.78, 5) is 4.74. The van der Waals surface area contributed by atoms with Gasteiger partial charge in [0.15, 0.2) is 15.7 Å². The fraction of sp³-hybridized carbons (Fsp3) is 0.444. The molecular weight excluding hydrogens is 416 g/mol. The molecule has 1 aromatic heterocycles. The number of anilines is 1. The third-order valence-corrected chi connectivity index (χ3v) is 6.91. The van der Waals surface area contributed by atoms with Crippen LogP contribution in [-0.2, 0) is 9.84 Å². The van der Waals surface area contributed by atoms with E-state index in [1.165, 1.54) is 0 Å². The number of halogens is 1. The van der Waals surface area contributed by atoms with Gasteiger partial charge in [0.25, 0.3) is 0 Å². The summed E-state index contributed by atoms with van der Waals surface area (Å²) in [6, 6.07) is 11.0. The van der Waals surface area contributed by atoms with Crippen LogP contribution in [0.3, 0.4) is 0 Å². The van der Waals surface area contributed by atoms with Gasteiger partial charge in [0, 0.05) is 36.3 Å². The van der Waals surface area contributed by atoms with E-state index in [1.54, 1.807) is 30.5 Å². The summed E-state index contributed by atoms with van der Waals surface area (Å²) in [5, 5.41) is 8.17. The first-order valence-electron chi connectivity index (χ1n) is 8.67. The smallest absolute Gasteiger partial charge is 0.179 e. The van der Waals surface area contributed by atoms with Crippen LogP contribution >= 0.6 is 15.9 Å². The van der Waals surface area contributed by atoms with E-state index in [9.17, 15) is 8.42 Å². The van der Waals surface area contributed by atoms with Crippen molar-refractivity contribution in [3.63, 3.8) is 0 Å². The van der Waals surface area contributed by atoms with Gasteiger partial charge >= 0.3 is 0 Å². The average Bonchev–Trinajstić information content (AvgIpc) is 3.09. The van der Waals surface area contributed by atoms with Crippen LogP contribution in [0.15, 0.2) is 52.0 Å². The van der Waals surface area contributed by atoms with Crippen molar-refractivity contribution in [2.75, 3.05) is 37.3 Å². The quantitative estimate of drug-likeness (QED) is 0.661. The van der Waals surface area contributed by atoms with Crippen LogP contribution in [0.4, 0.5) is 5.82 Å². The molecule has 1 aromatic carbocycles. The highest BCUT2D eigenvalue weighted by atomic mass is 79.9. The predicted octanol–water partition coefficient (Wildman–Crippen LogP) is 2.61. The molecule has 1 unspecified atom stereocenters. The molecule has 1 aliphatic rings. The van der Waals surface area contributed by atoms with Gasteiger partial charge in [-0.3, -0.25) is 0 Å². The minimum absolute atomic E-state index is 0.114. The molecular formula is C18H23BrN4O2S. The van der Waals surface area contributed by atoms with Crippen molar-refractivity contribution in [2.24, 2.45) is 0 Å². The van der Waals surface area contributed by atoms with Crippen molar-refractivity contribution in [3.05, 3.63) is 47.1 Å². The van der Waals surface area contributed by atoms with Gasteiger partial charge in [0.2, 0.25) is 0 Å². The second-order valence-electron chi connectivity index (χ2n) is 6.61. The summed E-state index contributed by atoms with van der Waals surface area (Å²) < 4.78 is 25.9. The van der Waals surface area contributed by atoms with Crippen molar-refractivity contribution in [3.8, 4) is 0 Å². The normalized spacial score (nSPS) is 17.8. The van der Waals surface area contributed by atoms with E-state index in [-0.39, 0.29) is 5.75 Å². The molecule has 6 nitrogen and oxygen atoms in total. The first kappa shape index (κ1) is 19.3. The lowest BCUT2D eigenvalue weighted by molar-refractivity contribution is 0.326. The monoisotopic (exact) mass is 438 g/mol. The molecule has 140 valence electrons. The molecule has 1 aliphatic heterocycles. The van der Waals surface area contributed by atoms with Gasteiger partial charge in [0.1, 0.15) is 0 Å². The lowest BCUT2D eigenvalue weighted by Gasteiger charge is -2.29. The highest BCUT2D eigenvalue weighted by Crippen LogP contribution is 2.23. The van der Waals surface area contributed by atoms with Crippen LogP contribution in [0.5, 0.6) is 0 Å². The molecule has 8 heteroatoms. The van der Waals surface area contributed by atoms with E-state index < -0.39 is 9.84 Å². The topological polar surface area (TPSA) is 66.4 Å².